The van der Waals surface area contributed by atoms with Crippen molar-refractivity contribution in [1.82, 2.24) is 19.9 Å². The van der Waals surface area contributed by atoms with Crippen LogP contribution in [0.1, 0.15) is 11.4 Å². The van der Waals surface area contributed by atoms with Crippen LogP contribution in [0.15, 0.2) is 23.5 Å². The summed E-state index contributed by atoms with van der Waals surface area (Å²) in [6.45, 7) is 3.47. The summed E-state index contributed by atoms with van der Waals surface area (Å²) < 4.78 is 0. The highest BCUT2D eigenvalue weighted by Gasteiger charge is 2.07. The molecule has 0 saturated carbocycles. The Hall–Kier alpha value is -2.04. The third-order valence-corrected chi connectivity index (χ3v) is 2.10. The molecule has 5 nitrogen and oxygen atoms in total. The van der Waals surface area contributed by atoms with Crippen LogP contribution < -0.4 is 5.56 Å². The summed E-state index contributed by atoms with van der Waals surface area (Å²) in [5.41, 5.74) is 1.85. The molecule has 0 aliphatic carbocycles. The Morgan fingerprint density at radius 2 is 1.87 bits per heavy atom. The fraction of sp³-hybridized carbons (Fsp3) is 0.200. The number of aryl methyl sites for hydroxylation is 1. The van der Waals surface area contributed by atoms with Crippen LogP contribution >= 0.6 is 0 Å². The molecule has 0 bridgehead atoms. The molecule has 0 unspecified atom stereocenters. The number of aromatic amines is 1. The van der Waals surface area contributed by atoms with Gasteiger partial charge in [0.05, 0.1) is 5.69 Å². The van der Waals surface area contributed by atoms with E-state index in [1.165, 1.54) is 6.33 Å². The lowest BCUT2D eigenvalue weighted by atomic mass is 10.1. The predicted octanol–water partition coefficient (Wildman–Crippen LogP) is 0.844. The van der Waals surface area contributed by atoms with Gasteiger partial charge in [0.15, 0.2) is 0 Å². The molecule has 15 heavy (non-hydrogen) atoms. The van der Waals surface area contributed by atoms with E-state index in [4.69, 9.17) is 0 Å². The fourth-order valence-corrected chi connectivity index (χ4v) is 1.35. The smallest absolute Gasteiger partial charge is 0.254 e. The Labute approximate surface area is 86.3 Å². The van der Waals surface area contributed by atoms with Gasteiger partial charge in [-0.05, 0) is 13.8 Å². The molecule has 0 aromatic carbocycles. The van der Waals surface area contributed by atoms with Gasteiger partial charge in [-0.1, -0.05) is 0 Å². The van der Waals surface area contributed by atoms with Crippen molar-refractivity contribution in [3.63, 3.8) is 0 Å². The monoisotopic (exact) mass is 202 g/mol. The zero-order valence-corrected chi connectivity index (χ0v) is 8.48. The Morgan fingerprint density at radius 1 is 1.20 bits per heavy atom. The van der Waals surface area contributed by atoms with Crippen LogP contribution in [-0.4, -0.2) is 19.9 Å². The number of nitrogens with zero attached hydrogens (tertiary/aromatic N) is 3. The molecular weight excluding hydrogens is 192 g/mol. The molecule has 76 valence electrons. The van der Waals surface area contributed by atoms with Crippen molar-refractivity contribution < 1.29 is 0 Å². The molecule has 2 aromatic rings. The predicted molar refractivity (Wildman–Crippen MR) is 55.4 cm³/mol. The van der Waals surface area contributed by atoms with Crippen LogP contribution in [0.25, 0.3) is 11.3 Å². The van der Waals surface area contributed by atoms with Crippen molar-refractivity contribution in [3.8, 4) is 11.3 Å². The minimum absolute atomic E-state index is 0.124. The molecule has 2 aromatic heterocycles. The number of H-pyrrole nitrogens is 1. The number of hydrogen-bond donors (Lipinski definition) is 1. The zero-order chi connectivity index (χ0) is 10.8. The van der Waals surface area contributed by atoms with Crippen LogP contribution in [0.2, 0.25) is 0 Å². The summed E-state index contributed by atoms with van der Waals surface area (Å²) in [6.07, 6.45) is 4.72. The van der Waals surface area contributed by atoms with E-state index >= 15 is 0 Å². The Morgan fingerprint density at radius 3 is 2.53 bits per heavy atom. The first-order valence-corrected chi connectivity index (χ1v) is 4.51. The van der Waals surface area contributed by atoms with Gasteiger partial charge in [0, 0.05) is 23.5 Å². The number of rotatable bonds is 1. The first-order chi connectivity index (χ1) is 7.18. The standard InChI is InChI=1S/C10H10N4O/c1-6-9(8-3-11-5-12-4-8)13-7(2)14-10(6)15/h3-5H,1-2H3,(H,13,14,15). The molecule has 0 radical (unpaired) electrons. The van der Waals surface area contributed by atoms with E-state index in [0.29, 0.717) is 17.1 Å². The number of aromatic nitrogens is 4. The summed E-state index contributed by atoms with van der Waals surface area (Å²) in [4.78, 5) is 26.2. The molecule has 2 rings (SSSR count). The lowest BCUT2D eigenvalue weighted by Gasteiger charge is -2.03. The molecule has 0 saturated heterocycles. The lowest BCUT2D eigenvalue weighted by Crippen LogP contribution is -2.14. The molecule has 0 amide bonds. The summed E-state index contributed by atoms with van der Waals surface area (Å²) >= 11 is 0. The maximum atomic E-state index is 11.5. The van der Waals surface area contributed by atoms with Crippen molar-refractivity contribution in [2.75, 3.05) is 0 Å². The molecule has 0 atom stereocenters. The Balaban J connectivity index is 2.68. The topological polar surface area (TPSA) is 71.5 Å². The molecule has 2 heterocycles. The zero-order valence-electron chi connectivity index (χ0n) is 8.48. The van der Waals surface area contributed by atoms with Gasteiger partial charge >= 0.3 is 0 Å². The number of hydrogen-bond acceptors (Lipinski definition) is 4. The second kappa shape index (κ2) is 3.61. The van der Waals surface area contributed by atoms with E-state index in [0.717, 1.165) is 5.56 Å². The van der Waals surface area contributed by atoms with E-state index in [2.05, 4.69) is 19.9 Å². The normalized spacial score (nSPS) is 10.3. The lowest BCUT2D eigenvalue weighted by molar-refractivity contribution is 0.995. The van der Waals surface area contributed by atoms with Crippen molar-refractivity contribution in [2.45, 2.75) is 13.8 Å². The SMILES string of the molecule is Cc1nc(-c2cncnc2)c(C)c(=O)[nH]1. The third kappa shape index (κ3) is 1.76. The molecule has 0 spiro atoms. The fourth-order valence-electron chi connectivity index (χ4n) is 1.35. The third-order valence-electron chi connectivity index (χ3n) is 2.10. The van der Waals surface area contributed by atoms with Crippen LogP contribution in [0.5, 0.6) is 0 Å². The largest absolute Gasteiger partial charge is 0.311 e. The van der Waals surface area contributed by atoms with Gasteiger partial charge in [-0.2, -0.15) is 0 Å². The van der Waals surface area contributed by atoms with Gasteiger partial charge in [0.2, 0.25) is 0 Å². The first kappa shape index (κ1) is 9.51. The van der Waals surface area contributed by atoms with Crippen molar-refractivity contribution in [2.24, 2.45) is 0 Å². The van der Waals surface area contributed by atoms with Gasteiger partial charge in [-0.15, -0.1) is 0 Å². The van der Waals surface area contributed by atoms with E-state index in [1.54, 1.807) is 26.2 Å². The molecular formula is C10H10N4O. The van der Waals surface area contributed by atoms with Crippen molar-refractivity contribution in [3.05, 3.63) is 40.5 Å². The molecule has 5 heteroatoms. The number of nitrogens with one attached hydrogen (secondary N) is 1. The summed E-state index contributed by atoms with van der Waals surface area (Å²) in [5.74, 6) is 0.587. The minimum Gasteiger partial charge on any atom is -0.311 e. The Kier molecular flexibility index (Phi) is 2.29. The van der Waals surface area contributed by atoms with Gasteiger partial charge < -0.3 is 4.98 Å². The van der Waals surface area contributed by atoms with Crippen LogP contribution in [-0.2, 0) is 0 Å². The first-order valence-electron chi connectivity index (χ1n) is 4.51. The van der Waals surface area contributed by atoms with Gasteiger partial charge in [-0.25, -0.2) is 15.0 Å². The highest BCUT2D eigenvalue weighted by molar-refractivity contribution is 5.59. The summed E-state index contributed by atoms with van der Waals surface area (Å²) in [7, 11) is 0. The van der Waals surface area contributed by atoms with Crippen molar-refractivity contribution in [1.29, 1.82) is 0 Å². The van der Waals surface area contributed by atoms with Crippen LogP contribution in [0, 0.1) is 13.8 Å². The quantitative estimate of drug-likeness (QED) is 0.743. The summed E-state index contributed by atoms with van der Waals surface area (Å²) in [5, 5.41) is 0. The van der Waals surface area contributed by atoms with E-state index in [-0.39, 0.29) is 5.56 Å². The highest BCUT2D eigenvalue weighted by atomic mass is 16.1. The molecule has 1 N–H and O–H groups in total. The maximum absolute atomic E-state index is 11.5. The maximum Gasteiger partial charge on any atom is 0.254 e. The minimum atomic E-state index is -0.124. The highest BCUT2D eigenvalue weighted by Crippen LogP contribution is 2.15. The average Bonchev–Trinajstić information content (AvgIpc) is 2.24. The van der Waals surface area contributed by atoms with E-state index in [9.17, 15) is 4.79 Å². The Bertz CT molecular complexity index is 533. The average molecular weight is 202 g/mol. The second-order valence-electron chi connectivity index (χ2n) is 3.25. The van der Waals surface area contributed by atoms with Gasteiger partial charge in [0.25, 0.3) is 5.56 Å². The summed E-state index contributed by atoms with van der Waals surface area (Å²) in [6, 6.07) is 0. The van der Waals surface area contributed by atoms with E-state index < -0.39 is 0 Å². The van der Waals surface area contributed by atoms with Crippen molar-refractivity contribution >= 4 is 0 Å². The van der Waals surface area contributed by atoms with Gasteiger partial charge in [0.1, 0.15) is 12.2 Å². The van der Waals surface area contributed by atoms with Crippen LogP contribution in [0.3, 0.4) is 0 Å². The van der Waals surface area contributed by atoms with Gasteiger partial charge in [-0.3, -0.25) is 4.79 Å². The molecule has 0 fully saturated rings. The second-order valence-corrected chi connectivity index (χ2v) is 3.25. The van der Waals surface area contributed by atoms with E-state index in [1.807, 2.05) is 0 Å². The molecule has 0 aliphatic heterocycles. The van der Waals surface area contributed by atoms with Crippen LogP contribution in [0.4, 0.5) is 0 Å². The molecule has 0 aliphatic rings.